The van der Waals surface area contributed by atoms with Crippen LogP contribution < -0.4 is 10.1 Å². The van der Waals surface area contributed by atoms with Crippen LogP contribution in [0.2, 0.25) is 0 Å². The van der Waals surface area contributed by atoms with Crippen molar-refractivity contribution in [3.63, 3.8) is 0 Å². The van der Waals surface area contributed by atoms with Gasteiger partial charge in [-0.25, -0.2) is 0 Å². The lowest BCUT2D eigenvalue weighted by Gasteiger charge is -2.16. The molecule has 3 rings (SSSR count). The smallest absolute Gasteiger partial charge is 0.233 e. The number of aromatic nitrogens is 2. The van der Waals surface area contributed by atoms with Crippen molar-refractivity contribution in [3.05, 3.63) is 60.2 Å². The van der Waals surface area contributed by atoms with Crippen molar-refractivity contribution < 1.29 is 9.53 Å². The zero-order chi connectivity index (χ0) is 19.1. The number of carbonyl (C=O) groups is 1. The molecule has 1 heterocycles. The first-order valence-electron chi connectivity index (χ1n) is 8.29. The van der Waals surface area contributed by atoms with Gasteiger partial charge in [0.15, 0.2) is 4.34 Å². The topological polar surface area (TPSA) is 67.3 Å². The van der Waals surface area contributed by atoms with Gasteiger partial charge in [0.05, 0.1) is 12.9 Å². The summed E-state index contributed by atoms with van der Waals surface area (Å²) < 4.78 is 5.90. The quantitative estimate of drug-likeness (QED) is 0.576. The first-order valence-corrected chi connectivity index (χ1v) is 10.1. The molecule has 0 atom stereocenters. The van der Waals surface area contributed by atoms with Crippen molar-refractivity contribution in [2.75, 3.05) is 25.2 Å². The summed E-state index contributed by atoms with van der Waals surface area (Å²) in [4.78, 5) is 14.0. The highest BCUT2D eigenvalue weighted by Crippen LogP contribution is 2.28. The number of nitrogens with one attached hydrogen (secondary N) is 1. The monoisotopic (exact) mass is 400 g/mol. The summed E-state index contributed by atoms with van der Waals surface area (Å²) in [7, 11) is 3.45. The molecule has 1 N–H and O–H groups in total. The highest BCUT2D eigenvalue weighted by molar-refractivity contribution is 8.01. The van der Waals surface area contributed by atoms with Crippen LogP contribution in [0.3, 0.4) is 0 Å². The lowest BCUT2D eigenvalue weighted by Crippen LogP contribution is -2.27. The van der Waals surface area contributed by atoms with Gasteiger partial charge in [-0.3, -0.25) is 4.79 Å². The number of carbonyl (C=O) groups excluding carboxylic acids is 1. The molecule has 0 bridgehead atoms. The molecule has 1 amide bonds. The van der Waals surface area contributed by atoms with Crippen molar-refractivity contribution in [1.82, 2.24) is 15.1 Å². The van der Waals surface area contributed by atoms with E-state index in [0.29, 0.717) is 17.4 Å². The largest absolute Gasteiger partial charge is 0.497 e. The number of amides is 1. The van der Waals surface area contributed by atoms with E-state index in [4.69, 9.17) is 4.74 Å². The molecule has 6 nitrogen and oxygen atoms in total. The first kappa shape index (κ1) is 19.2. The van der Waals surface area contributed by atoms with Gasteiger partial charge in [-0.1, -0.05) is 53.4 Å². The Bertz CT molecular complexity index is 869. The van der Waals surface area contributed by atoms with Crippen LogP contribution in [-0.2, 0) is 11.3 Å². The molecule has 0 aliphatic carbocycles. The van der Waals surface area contributed by atoms with Crippen molar-refractivity contribution in [3.8, 4) is 5.75 Å². The minimum absolute atomic E-state index is 0.0590. The number of hydrogen-bond donors (Lipinski definition) is 1. The second kappa shape index (κ2) is 9.38. The number of benzene rings is 2. The van der Waals surface area contributed by atoms with Crippen LogP contribution in [0.5, 0.6) is 5.75 Å². The van der Waals surface area contributed by atoms with E-state index in [0.717, 1.165) is 21.3 Å². The molecule has 0 aliphatic rings. The third kappa shape index (κ3) is 5.70. The summed E-state index contributed by atoms with van der Waals surface area (Å²) in [6.45, 7) is 0.598. The molecule has 1 aromatic heterocycles. The molecule has 3 aromatic rings. The van der Waals surface area contributed by atoms with E-state index in [9.17, 15) is 4.79 Å². The van der Waals surface area contributed by atoms with Gasteiger partial charge >= 0.3 is 0 Å². The van der Waals surface area contributed by atoms with Crippen LogP contribution >= 0.6 is 23.1 Å². The number of anilines is 2. The Labute approximate surface area is 166 Å². The van der Waals surface area contributed by atoms with Gasteiger partial charge in [0.2, 0.25) is 11.0 Å². The van der Waals surface area contributed by atoms with Gasteiger partial charge in [0.25, 0.3) is 0 Å². The fourth-order valence-electron chi connectivity index (χ4n) is 2.30. The Morgan fingerprint density at radius 3 is 2.59 bits per heavy atom. The van der Waals surface area contributed by atoms with Crippen molar-refractivity contribution in [1.29, 1.82) is 0 Å². The van der Waals surface area contributed by atoms with E-state index in [1.54, 1.807) is 12.0 Å². The predicted octanol–water partition coefficient (Wildman–Crippen LogP) is 4.04. The average molecular weight is 401 g/mol. The Balaban J connectivity index is 1.49. The second-order valence-electron chi connectivity index (χ2n) is 5.75. The molecule has 0 unspecified atom stereocenters. The number of rotatable bonds is 8. The van der Waals surface area contributed by atoms with Crippen molar-refractivity contribution in [2.24, 2.45) is 0 Å². The molecule has 0 saturated carbocycles. The van der Waals surface area contributed by atoms with Gasteiger partial charge in [-0.2, -0.15) is 0 Å². The number of methoxy groups -OCH3 is 1. The number of hydrogen-bond acceptors (Lipinski definition) is 7. The SMILES string of the molecule is COc1ccc(Nc2nnc(SCC(=O)N(C)Cc3ccccc3)s2)cc1. The number of ether oxygens (including phenoxy) is 1. The first-order chi connectivity index (χ1) is 13.1. The number of nitrogens with zero attached hydrogens (tertiary/aromatic N) is 3. The minimum atomic E-state index is 0.0590. The molecule has 8 heteroatoms. The van der Waals surface area contributed by atoms with E-state index >= 15 is 0 Å². The number of thioether (sulfide) groups is 1. The molecule has 0 fully saturated rings. The van der Waals surface area contributed by atoms with Crippen molar-refractivity contribution >= 4 is 39.8 Å². The van der Waals surface area contributed by atoms with E-state index in [1.807, 2.05) is 61.6 Å². The van der Waals surface area contributed by atoms with Crippen LogP contribution in [-0.4, -0.2) is 40.9 Å². The van der Waals surface area contributed by atoms with Crippen LogP contribution in [0.25, 0.3) is 0 Å². The highest BCUT2D eigenvalue weighted by atomic mass is 32.2. The fraction of sp³-hybridized carbons (Fsp3) is 0.211. The Morgan fingerprint density at radius 2 is 1.89 bits per heavy atom. The Hall–Kier alpha value is -2.58. The third-order valence-electron chi connectivity index (χ3n) is 3.76. The van der Waals surface area contributed by atoms with Crippen LogP contribution in [0.4, 0.5) is 10.8 Å². The lowest BCUT2D eigenvalue weighted by atomic mass is 10.2. The van der Waals surface area contributed by atoms with E-state index in [-0.39, 0.29) is 5.91 Å². The maximum Gasteiger partial charge on any atom is 0.233 e. The standard InChI is InChI=1S/C19H20N4O2S2/c1-23(12-14-6-4-3-5-7-14)17(24)13-26-19-22-21-18(27-19)20-15-8-10-16(25-2)11-9-15/h3-11H,12-13H2,1-2H3,(H,20,21). The van der Waals surface area contributed by atoms with E-state index in [1.165, 1.54) is 23.1 Å². The molecule has 140 valence electrons. The summed E-state index contributed by atoms with van der Waals surface area (Å²) in [5.41, 5.74) is 2.02. The van der Waals surface area contributed by atoms with Gasteiger partial charge in [0.1, 0.15) is 5.75 Å². The lowest BCUT2D eigenvalue weighted by molar-refractivity contribution is -0.127. The van der Waals surface area contributed by atoms with Crippen molar-refractivity contribution in [2.45, 2.75) is 10.9 Å². The summed E-state index contributed by atoms with van der Waals surface area (Å²) in [5.74, 6) is 1.19. The van der Waals surface area contributed by atoms with Gasteiger partial charge in [0, 0.05) is 19.3 Å². The predicted molar refractivity (Wildman–Crippen MR) is 110 cm³/mol. The summed E-state index contributed by atoms with van der Waals surface area (Å²) >= 11 is 2.82. The van der Waals surface area contributed by atoms with E-state index in [2.05, 4.69) is 15.5 Å². The fourth-order valence-corrected chi connectivity index (χ4v) is 4.01. The molecular weight excluding hydrogens is 380 g/mol. The zero-order valence-corrected chi connectivity index (χ0v) is 16.7. The normalized spacial score (nSPS) is 10.4. The third-order valence-corrected chi connectivity index (χ3v) is 5.71. The zero-order valence-electron chi connectivity index (χ0n) is 15.1. The minimum Gasteiger partial charge on any atom is -0.497 e. The molecule has 0 radical (unpaired) electrons. The molecular formula is C19H20N4O2S2. The molecule has 27 heavy (non-hydrogen) atoms. The summed E-state index contributed by atoms with van der Waals surface area (Å²) in [6.07, 6.45) is 0. The van der Waals surface area contributed by atoms with Crippen LogP contribution in [0.15, 0.2) is 58.9 Å². The summed E-state index contributed by atoms with van der Waals surface area (Å²) in [5, 5.41) is 12.1. The Morgan fingerprint density at radius 1 is 1.15 bits per heavy atom. The molecule has 2 aromatic carbocycles. The van der Waals surface area contributed by atoms with Gasteiger partial charge in [-0.15, -0.1) is 10.2 Å². The van der Waals surface area contributed by atoms with E-state index < -0.39 is 0 Å². The average Bonchev–Trinajstić information content (AvgIpc) is 3.14. The van der Waals surface area contributed by atoms with Crippen LogP contribution in [0, 0.1) is 0 Å². The molecule has 0 aliphatic heterocycles. The Kier molecular flexibility index (Phi) is 6.67. The maximum atomic E-state index is 12.3. The molecule has 0 spiro atoms. The summed E-state index contributed by atoms with van der Waals surface area (Å²) in [6, 6.07) is 17.5. The maximum absolute atomic E-state index is 12.3. The van der Waals surface area contributed by atoms with Gasteiger partial charge in [-0.05, 0) is 29.8 Å². The van der Waals surface area contributed by atoms with Gasteiger partial charge < -0.3 is 15.0 Å². The highest BCUT2D eigenvalue weighted by Gasteiger charge is 2.12. The second-order valence-corrected chi connectivity index (χ2v) is 7.95. The molecule has 0 saturated heterocycles. The van der Waals surface area contributed by atoms with Crippen LogP contribution in [0.1, 0.15) is 5.56 Å².